The Hall–Kier alpha value is -2.11. The topological polar surface area (TPSA) is 197 Å². The van der Waals surface area contributed by atoms with Crippen LogP contribution in [0.25, 0.3) is 0 Å². The average molecular weight is 720 g/mol. The highest BCUT2D eigenvalue weighted by atomic mass is 16.7. The first-order valence-electron chi connectivity index (χ1n) is 17.9. The van der Waals surface area contributed by atoms with Crippen molar-refractivity contribution in [3.63, 3.8) is 0 Å². The van der Waals surface area contributed by atoms with E-state index in [2.05, 4.69) is 5.32 Å². The first-order chi connectivity index (χ1) is 23.1. The number of esters is 2. The summed E-state index contributed by atoms with van der Waals surface area (Å²) in [5.74, 6) is -3.86. The van der Waals surface area contributed by atoms with Crippen molar-refractivity contribution in [2.24, 2.45) is 17.8 Å². The Labute approximate surface area is 297 Å². The summed E-state index contributed by atoms with van der Waals surface area (Å²) < 4.78 is 29.2. The minimum Gasteiger partial charge on any atom is -0.465 e. The van der Waals surface area contributed by atoms with Crippen LogP contribution in [0.4, 0.5) is 4.79 Å². The number of ether oxygens (including phenoxy) is 5. The third kappa shape index (κ3) is 11.2. The maximum Gasteiger partial charge on any atom is 0.407 e. The number of aliphatic hydroxyl groups excluding tert-OH is 2. The Kier molecular flexibility index (Phi) is 16.4. The van der Waals surface area contributed by atoms with Gasteiger partial charge in [-0.3, -0.25) is 9.59 Å². The molecule has 2 aliphatic heterocycles. The molecule has 0 aliphatic carbocycles. The van der Waals surface area contributed by atoms with Gasteiger partial charge in [0.1, 0.15) is 36.6 Å². The van der Waals surface area contributed by atoms with Gasteiger partial charge in [0.25, 0.3) is 0 Å². The van der Waals surface area contributed by atoms with Crippen LogP contribution in [0.1, 0.15) is 81.6 Å². The van der Waals surface area contributed by atoms with Crippen molar-refractivity contribution in [2.45, 2.75) is 148 Å². The molecule has 0 saturated carbocycles. The quantitative estimate of drug-likeness (QED) is 0.178. The number of cyclic esters (lactones) is 1. The van der Waals surface area contributed by atoms with E-state index in [4.69, 9.17) is 23.7 Å². The summed E-state index contributed by atoms with van der Waals surface area (Å²) in [6, 6.07) is -0.895. The van der Waals surface area contributed by atoms with Crippen LogP contribution in [0.5, 0.6) is 0 Å². The van der Waals surface area contributed by atoms with Gasteiger partial charge in [0.05, 0.1) is 30.3 Å². The Morgan fingerprint density at radius 1 is 1.08 bits per heavy atom. The zero-order valence-electron chi connectivity index (χ0n) is 32.1. The number of hydrogen-bond acceptors (Lipinski definition) is 14. The van der Waals surface area contributed by atoms with E-state index in [1.165, 1.54) is 13.8 Å². The molecule has 15 heteroatoms. The number of hydrogen-bond donors (Lipinski definition) is 5. The van der Waals surface area contributed by atoms with Gasteiger partial charge >= 0.3 is 18.0 Å². The van der Waals surface area contributed by atoms with Gasteiger partial charge in [0, 0.05) is 24.5 Å². The van der Waals surface area contributed by atoms with Crippen molar-refractivity contribution < 1.29 is 58.5 Å². The molecule has 1 amide bonds. The van der Waals surface area contributed by atoms with Gasteiger partial charge in [0.15, 0.2) is 6.29 Å². The summed E-state index contributed by atoms with van der Waals surface area (Å²) in [6.07, 6.45) is -7.72. The van der Waals surface area contributed by atoms with E-state index in [0.717, 1.165) is 0 Å². The summed E-state index contributed by atoms with van der Waals surface area (Å²) in [5.41, 5.74) is -3.51. The fourth-order valence-corrected chi connectivity index (χ4v) is 7.46. The molecule has 2 aliphatic rings. The molecule has 14 unspecified atom stereocenters. The van der Waals surface area contributed by atoms with Gasteiger partial charge in [-0.1, -0.05) is 20.8 Å². The maximum atomic E-state index is 13.9. The Balaban J connectivity index is 2.69. The highest BCUT2D eigenvalue weighted by Gasteiger charge is 2.51. The highest BCUT2D eigenvalue weighted by molar-refractivity contribution is 5.78. The number of aliphatic hydroxyl groups is 4. The number of likely N-dealkylation sites (N-methyl/N-ethyl adjacent to an activating group) is 2. The zero-order chi connectivity index (χ0) is 38.3. The highest BCUT2D eigenvalue weighted by Crippen LogP contribution is 2.37. The summed E-state index contributed by atoms with van der Waals surface area (Å²) >= 11 is 0. The molecule has 14 atom stereocenters. The number of nitrogens with zero attached hydrogens (tertiary/aromatic N) is 2. The molecule has 50 heavy (non-hydrogen) atoms. The number of rotatable bonds is 8. The average Bonchev–Trinajstić information content (AvgIpc) is 3.02. The molecule has 2 fully saturated rings. The molecule has 5 N–H and O–H groups in total. The van der Waals surface area contributed by atoms with E-state index in [-0.39, 0.29) is 37.5 Å². The van der Waals surface area contributed by atoms with Crippen LogP contribution in [0.2, 0.25) is 0 Å². The third-order valence-corrected chi connectivity index (χ3v) is 10.3. The monoisotopic (exact) mass is 719 g/mol. The summed E-state index contributed by atoms with van der Waals surface area (Å²) in [7, 11) is 5.48. The fourth-order valence-electron chi connectivity index (χ4n) is 7.46. The van der Waals surface area contributed by atoms with Crippen LogP contribution in [-0.2, 0) is 33.3 Å². The zero-order valence-corrected chi connectivity index (χ0v) is 32.1. The molecule has 0 aromatic heterocycles. The first-order valence-corrected chi connectivity index (χ1v) is 17.9. The standard InChI is InChI=1S/C35H65N3O12/c1-13-25-35(9,45)29(41)23(7)38(12)18-19(3)16-34(8,44)30(50-32-27(40)24(37(10)11)15-20(4)47-32)21(5)28(22(6)31(42)48-25)49-33(43)36-17-26(39)46-14-2/h19-25,27-30,32,40-41,44-45H,13-18H2,1-12H3,(H,36,43). The summed E-state index contributed by atoms with van der Waals surface area (Å²) in [4.78, 5) is 42.8. The minimum atomic E-state index is -1.86. The smallest absolute Gasteiger partial charge is 0.407 e. The van der Waals surface area contributed by atoms with Crippen molar-refractivity contribution in [1.29, 1.82) is 0 Å². The molecule has 0 spiro atoms. The second-order valence-electron chi connectivity index (χ2n) is 15.2. The molecule has 0 bridgehead atoms. The first kappa shape index (κ1) is 44.1. The van der Waals surface area contributed by atoms with Gasteiger partial charge in [-0.25, -0.2) is 4.79 Å². The van der Waals surface area contributed by atoms with E-state index >= 15 is 0 Å². The van der Waals surface area contributed by atoms with E-state index in [1.807, 2.05) is 37.7 Å². The summed E-state index contributed by atoms with van der Waals surface area (Å²) in [6.45, 7) is 15.1. The number of alkyl carbamates (subject to hydrolysis) is 1. The predicted octanol–water partition coefficient (Wildman–Crippen LogP) is 1.27. The van der Waals surface area contributed by atoms with Crippen LogP contribution in [0.3, 0.4) is 0 Å². The second-order valence-corrected chi connectivity index (χ2v) is 15.2. The van der Waals surface area contributed by atoms with Gasteiger partial charge in [-0.2, -0.15) is 0 Å². The second kappa shape index (κ2) is 18.6. The Bertz CT molecular complexity index is 1110. The summed E-state index contributed by atoms with van der Waals surface area (Å²) in [5, 5.41) is 49.0. The molecule has 0 radical (unpaired) electrons. The van der Waals surface area contributed by atoms with Crippen LogP contribution in [0, 0.1) is 17.8 Å². The molecule has 15 nitrogen and oxygen atoms in total. The SMILES string of the molecule is CCOC(=O)CNC(=O)OC1C(C)C(=O)OC(CC)C(C)(O)C(O)C(C)N(C)CC(C)CC(C)(O)C(OC2OC(C)CC(N(C)C)C2O)C1C. The van der Waals surface area contributed by atoms with Gasteiger partial charge < -0.3 is 59.2 Å². The van der Waals surface area contributed by atoms with Gasteiger partial charge in [-0.15, -0.1) is 0 Å². The lowest BCUT2D eigenvalue weighted by Gasteiger charge is -2.47. The lowest BCUT2D eigenvalue weighted by Crippen LogP contribution is -2.59. The molecule has 2 heterocycles. The van der Waals surface area contributed by atoms with Crippen LogP contribution < -0.4 is 5.32 Å². The van der Waals surface area contributed by atoms with E-state index in [1.54, 1.807) is 41.7 Å². The lowest BCUT2D eigenvalue weighted by molar-refractivity contribution is -0.299. The molecule has 292 valence electrons. The molecular formula is C35H65N3O12. The maximum absolute atomic E-state index is 13.9. The van der Waals surface area contributed by atoms with Crippen molar-refractivity contribution in [3.05, 3.63) is 0 Å². The van der Waals surface area contributed by atoms with E-state index < -0.39 is 90.5 Å². The Morgan fingerprint density at radius 3 is 2.26 bits per heavy atom. The largest absolute Gasteiger partial charge is 0.465 e. The molecule has 2 rings (SSSR count). The Morgan fingerprint density at radius 2 is 1.70 bits per heavy atom. The van der Waals surface area contributed by atoms with Crippen molar-refractivity contribution in [1.82, 2.24) is 15.1 Å². The number of amides is 1. The van der Waals surface area contributed by atoms with Crippen LogP contribution in [-0.4, -0.2) is 155 Å². The van der Waals surface area contributed by atoms with E-state index in [9.17, 15) is 34.8 Å². The van der Waals surface area contributed by atoms with Crippen molar-refractivity contribution in [2.75, 3.05) is 40.8 Å². The van der Waals surface area contributed by atoms with Crippen LogP contribution in [0.15, 0.2) is 0 Å². The van der Waals surface area contributed by atoms with Crippen molar-refractivity contribution in [3.8, 4) is 0 Å². The molecule has 0 aromatic carbocycles. The molecule has 2 saturated heterocycles. The minimum absolute atomic E-state index is 0.110. The molecular weight excluding hydrogens is 654 g/mol. The third-order valence-electron chi connectivity index (χ3n) is 10.3. The van der Waals surface area contributed by atoms with Crippen LogP contribution >= 0.6 is 0 Å². The normalized spacial score (nSPS) is 41.4. The fraction of sp³-hybridized carbons (Fsp3) is 0.914. The van der Waals surface area contributed by atoms with Gasteiger partial charge in [-0.05, 0) is 87.9 Å². The number of carbonyl (C=O) groups is 3. The van der Waals surface area contributed by atoms with Gasteiger partial charge in [0.2, 0.25) is 0 Å². The predicted molar refractivity (Wildman–Crippen MR) is 184 cm³/mol. The van der Waals surface area contributed by atoms with E-state index in [0.29, 0.717) is 13.0 Å². The molecule has 0 aromatic rings. The number of nitrogens with one attached hydrogen (secondary N) is 1. The van der Waals surface area contributed by atoms with Crippen molar-refractivity contribution >= 4 is 18.0 Å². The lowest BCUT2D eigenvalue weighted by atomic mass is 9.77. The number of carbonyl (C=O) groups excluding carboxylic acids is 3.